The van der Waals surface area contributed by atoms with E-state index in [-0.39, 0.29) is 8.81 Å². The molecule has 4 atom stereocenters. The largest absolute Gasteiger partial charge is 0.374 e. The molecular formula is C21H32N2O2P2. The first-order valence-electron chi connectivity index (χ1n) is 9.48. The highest BCUT2D eigenvalue weighted by Crippen LogP contribution is 2.40. The van der Waals surface area contributed by atoms with Crippen molar-refractivity contribution in [2.75, 3.05) is 6.61 Å². The van der Waals surface area contributed by atoms with Crippen molar-refractivity contribution in [3.63, 3.8) is 0 Å². The summed E-state index contributed by atoms with van der Waals surface area (Å²) < 4.78 is 6.10. The van der Waals surface area contributed by atoms with Crippen LogP contribution >= 0.6 is 18.0 Å². The van der Waals surface area contributed by atoms with Gasteiger partial charge in [-0.05, 0) is 50.7 Å². The summed E-state index contributed by atoms with van der Waals surface area (Å²) in [6, 6.07) is 8.22. The number of aromatic amines is 1. The number of ether oxygens (including phenoxy) is 1. The van der Waals surface area contributed by atoms with Crippen LogP contribution in [0.1, 0.15) is 45.6 Å². The molecule has 0 aliphatic heterocycles. The molecule has 1 aromatic heterocycles. The number of benzene rings is 1. The van der Waals surface area contributed by atoms with E-state index >= 15 is 0 Å². The summed E-state index contributed by atoms with van der Waals surface area (Å²) in [6.45, 7) is 7.20. The molecule has 4 nitrogen and oxygen atoms in total. The minimum Gasteiger partial charge on any atom is -0.374 e. The average molecular weight is 406 g/mol. The van der Waals surface area contributed by atoms with Gasteiger partial charge in [0.25, 0.3) is 0 Å². The van der Waals surface area contributed by atoms with Crippen LogP contribution in [-0.4, -0.2) is 26.6 Å². The molecule has 0 saturated carbocycles. The molecule has 0 fully saturated rings. The molecular weight excluding hydrogens is 374 g/mol. The van der Waals surface area contributed by atoms with Crippen LogP contribution in [-0.2, 0) is 11.2 Å². The number of imidazole rings is 1. The zero-order valence-electron chi connectivity index (χ0n) is 16.5. The standard InChI is InChI=1S/C21H32N2O2P2/c1-16(2)6-4-7-17(3)10-13-25-21(26,27-24)15-18-8-5-9-19(14-18)20-22-11-12-23-20/h5-6,8-9,11-12,14,17,24,27H,4,7,10,13,15,26H2,1-3H3,(H,22,23)/t17-,21?/m0/s1. The van der Waals surface area contributed by atoms with E-state index in [1.54, 1.807) is 6.20 Å². The van der Waals surface area contributed by atoms with Gasteiger partial charge in [0.2, 0.25) is 0 Å². The fourth-order valence-corrected chi connectivity index (χ4v) is 3.72. The predicted octanol–water partition coefficient (Wildman–Crippen LogP) is 5.52. The van der Waals surface area contributed by atoms with Crippen LogP contribution in [0.2, 0.25) is 0 Å². The Labute approximate surface area is 167 Å². The molecule has 0 saturated heterocycles. The quantitative estimate of drug-likeness (QED) is 0.381. The van der Waals surface area contributed by atoms with Crippen molar-refractivity contribution in [3.05, 3.63) is 53.9 Å². The van der Waals surface area contributed by atoms with Crippen LogP contribution in [0, 0.1) is 5.92 Å². The lowest BCUT2D eigenvalue weighted by Gasteiger charge is -2.28. The lowest BCUT2D eigenvalue weighted by atomic mass is 10.0. The molecule has 0 aliphatic rings. The maximum atomic E-state index is 9.92. The third-order valence-corrected chi connectivity index (χ3v) is 5.99. The SMILES string of the molecule is CC(C)=CCC[C@H](C)CCOC(P)(Cc1cccc(-c2ncc[nH]2)c1)PO. The highest BCUT2D eigenvalue weighted by Gasteiger charge is 2.26. The van der Waals surface area contributed by atoms with Gasteiger partial charge in [-0.25, -0.2) is 4.98 Å². The number of nitrogens with one attached hydrogen (secondary N) is 1. The van der Waals surface area contributed by atoms with Crippen LogP contribution in [0.15, 0.2) is 48.3 Å². The Kier molecular flexibility index (Phi) is 9.12. The van der Waals surface area contributed by atoms with E-state index in [0.29, 0.717) is 18.9 Å². The van der Waals surface area contributed by atoms with Crippen LogP contribution in [0.5, 0.6) is 0 Å². The highest BCUT2D eigenvalue weighted by atomic mass is 31.1. The van der Waals surface area contributed by atoms with Gasteiger partial charge in [-0.2, -0.15) is 0 Å². The summed E-state index contributed by atoms with van der Waals surface area (Å²) in [4.78, 5) is 17.4. The molecule has 0 bridgehead atoms. The third kappa shape index (κ3) is 7.84. The lowest BCUT2D eigenvalue weighted by Crippen LogP contribution is -2.23. The van der Waals surface area contributed by atoms with E-state index in [0.717, 1.165) is 29.8 Å². The molecule has 3 unspecified atom stereocenters. The molecule has 0 amide bonds. The van der Waals surface area contributed by atoms with Gasteiger partial charge in [-0.1, -0.05) is 46.0 Å². The molecule has 0 aliphatic carbocycles. The van der Waals surface area contributed by atoms with Gasteiger partial charge >= 0.3 is 0 Å². The maximum absolute atomic E-state index is 9.92. The van der Waals surface area contributed by atoms with Crippen LogP contribution < -0.4 is 0 Å². The van der Waals surface area contributed by atoms with Gasteiger partial charge in [0.15, 0.2) is 0 Å². The van der Waals surface area contributed by atoms with Crippen molar-refractivity contribution in [2.24, 2.45) is 5.92 Å². The predicted molar refractivity (Wildman–Crippen MR) is 119 cm³/mol. The van der Waals surface area contributed by atoms with Crippen LogP contribution in [0.4, 0.5) is 0 Å². The minimum absolute atomic E-state index is 0.294. The topological polar surface area (TPSA) is 58.1 Å². The Morgan fingerprint density at radius 3 is 2.89 bits per heavy atom. The van der Waals surface area contributed by atoms with E-state index in [1.165, 1.54) is 12.0 Å². The number of rotatable bonds is 11. The van der Waals surface area contributed by atoms with Crippen LogP contribution in [0.3, 0.4) is 0 Å². The Morgan fingerprint density at radius 2 is 2.22 bits per heavy atom. The Hall–Kier alpha value is -1.05. The highest BCUT2D eigenvalue weighted by molar-refractivity contribution is 7.47. The van der Waals surface area contributed by atoms with Gasteiger partial charge < -0.3 is 14.6 Å². The average Bonchev–Trinajstić information content (AvgIpc) is 3.16. The zero-order chi connectivity index (χ0) is 19.7. The number of hydrogen-bond donors (Lipinski definition) is 2. The van der Waals surface area contributed by atoms with Gasteiger partial charge in [-0.3, -0.25) is 0 Å². The van der Waals surface area contributed by atoms with Crippen LogP contribution in [0.25, 0.3) is 11.4 Å². The van der Waals surface area contributed by atoms with E-state index in [9.17, 15) is 4.89 Å². The van der Waals surface area contributed by atoms with Gasteiger partial charge in [0, 0.05) is 39.8 Å². The molecule has 1 heterocycles. The summed E-state index contributed by atoms with van der Waals surface area (Å²) in [7, 11) is 2.43. The summed E-state index contributed by atoms with van der Waals surface area (Å²) in [6.07, 6.45) is 9.80. The van der Waals surface area contributed by atoms with Crippen molar-refractivity contribution < 1.29 is 9.63 Å². The Morgan fingerprint density at radius 1 is 1.41 bits per heavy atom. The molecule has 2 rings (SSSR count). The lowest BCUT2D eigenvalue weighted by molar-refractivity contribution is 0.0716. The molecule has 6 heteroatoms. The second-order valence-electron chi connectivity index (χ2n) is 7.42. The molecule has 1 aromatic carbocycles. The molecule has 148 valence electrons. The Balaban J connectivity index is 1.87. The minimum atomic E-state index is -0.624. The number of hydrogen-bond acceptors (Lipinski definition) is 3. The normalized spacial score (nSPS) is 15.0. The maximum Gasteiger partial charge on any atom is 0.137 e. The number of allylic oxidation sites excluding steroid dienone is 2. The Bertz CT molecular complexity index is 715. The monoisotopic (exact) mass is 406 g/mol. The third-order valence-electron chi connectivity index (χ3n) is 4.54. The van der Waals surface area contributed by atoms with Crippen molar-refractivity contribution in [1.82, 2.24) is 9.97 Å². The first-order chi connectivity index (χ1) is 12.9. The molecule has 2 N–H and O–H groups in total. The van der Waals surface area contributed by atoms with Crippen molar-refractivity contribution in [2.45, 2.75) is 51.5 Å². The van der Waals surface area contributed by atoms with Crippen molar-refractivity contribution in [3.8, 4) is 11.4 Å². The molecule has 27 heavy (non-hydrogen) atoms. The van der Waals surface area contributed by atoms with Crippen molar-refractivity contribution >= 4 is 18.0 Å². The number of nitrogens with zero attached hydrogens (tertiary/aromatic N) is 1. The van der Waals surface area contributed by atoms with E-state index in [4.69, 9.17) is 4.74 Å². The fourth-order valence-electron chi connectivity index (χ4n) is 2.92. The molecule has 0 radical (unpaired) electrons. The van der Waals surface area contributed by atoms with E-state index in [1.807, 2.05) is 18.3 Å². The van der Waals surface area contributed by atoms with Gasteiger partial charge in [0.1, 0.15) is 10.9 Å². The fraction of sp³-hybridized carbons (Fsp3) is 0.476. The number of H-pyrrole nitrogens is 1. The smallest absolute Gasteiger partial charge is 0.137 e. The zero-order valence-corrected chi connectivity index (χ0v) is 18.7. The first kappa shape index (κ1) is 22.2. The van der Waals surface area contributed by atoms with Crippen molar-refractivity contribution in [1.29, 1.82) is 0 Å². The summed E-state index contributed by atoms with van der Waals surface area (Å²) in [5, 5.41) is -0.624. The first-order valence-corrected chi connectivity index (χ1v) is 11.0. The van der Waals surface area contributed by atoms with Gasteiger partial charge in [0.05, 0.1) is 0 Å². The van der Waals surface area contributed by atoms with Gasteiger partial charge in [-0.15, -0.1) is 0 Å². The summed E-state index contributed by atoms with van der Waals surface area (Å²) in [5.74, 6) is 1.46. The second kappa shape index (κ2) is 11.1. The number of aromatic nitrogens is 2. The molecule has 0 spiro atoms. The van der Waals surface area contributed by atoms with E-state index in [2.05, 4.69) is 58.2 Å². The second-order valence-corrected chi connectivity index (χ2v) is 10.00. The molecule has 2 aromatic rings. The summed E-state index contributed by atoms with van der Waals surface area (Å²) in [5.41, 5.74) is 3.54. The van der Waals surface area contributed by atoms with E-state index < -0.39 is 5.08 Å². The summed E-state index contributed by atoms with van der Waals surface area (Å²) >= 11 is 0.